The maximum Gasteiger partial charge on any atom is 0.251 e. The third kappa shape index (κ3) is 7.55. The van der Waals surface area contributed by atoms with Crippen LogP contribution >= 0.6 is 0 Å². The normalized spacial score (nSPS) is 11.0. The van der Waals surface area contributed by atoms with Crippen LogP contribution in [0.25, 0.3) is 0 Å². The molecule has 2 aromatic rings. The molecule has 0 fully saturated rings. The van der Waals surface area contributed by atoms with Crippen LogP contribution in [0, 0.1) is 0 Å². The van der Waals surface area contributed by atoms with Gasteiger partial charge in [0.25, 0.3) is 5.91 Å². The molecule has 2 rings (SSSR count). The summed E-state index contributed by atoms with van der Waals surface area (Å²) < 4.78 is 10.7. The lowest BCUT2D eigenvalue weighted by Gasteiger charge is -2.07. The van der Waals surface area contributed by atoms with Gasteiger partial charge in [-0.2, -0.15) is 10.2 Å². The molecule has 6 heteroatoms. The van der Waals surface area contributed by atoms with Crippen molar-refractivity contribution >= 4 is 17.3 Å². The van der Waals surface area contributed by atoms with E-state index in [1.807, 2.05) is 30.3 Å². The van der Waals surface area contributed by atoms with E-state index in [1.165, 1.54) is 0 Å². The minimum absolute atomic E-state index is 0.137. The van der Waals surface area contributed by atoms with Crippen LogP contribution in [0.4, 0.5) is 11.4 Å². The Kier molecular flexibility index (Phi) is 9.03. The van der Waals surface area contributed by atoms with Gasteiger partial charge in [0.1, 0.15) is 0 Å². The summed E-state index contributed by atoms with van der Waals surface area (Å²) in [6.45, 7) is 4.86. The Bertz CT molecular complexity index is 672. The second kappa shape index (κ2) is 11.9. The van der Waals surface area contributed by atoms with Gasteiger partial charge in [0.05, 0.1) is 31.2 Å². The van der Waals surface area contributed by atoms with Gasteiger partial charge in [0, 0.05) is 18.7 Å². The zero-order chi connectivity index (χ0) is 18.5. The summed E-state index contributed by atoms with van der Waals surface area (Å²) in [5.41, 5.74) is 2.06. The summed E-state index contributed by atoms with van der Waals surface area (Å²) in [4.78, 5) is 12.1. The Hall–Kier alpha value is -2.57. The average molecular weight is 355 g/mol. The van der Waals surface area contributed by atoms with Crippen LogP contribution in [-0.2, 0) is 9.47 Å². The number of ether oxygens (including phenoxy) is 2. The van der Waals surface area contributed by atoms with E-state index in [0.29, 0.717) is 37.6 Å². The smallest absolute Gasteiger partial charge is 0.251 e. The zero-order valence-electron chi connectivity index (χ0n) is 15.1. The van der Waals surface area contributed by atoms with E-state index in [2.05, 4.69) is 22.5 Å². The van der Waals surface area contributed by atoms with E-state index >= 15 is 0 Å². The quantitative estimate of drug-likeness (QED) is 0.483. The summed E-state index contributed by atoms with van der Waals surface area (Å²) in [6.07, 6.45) is 1.00. The average Bonchev–Trinajstić information content (AvgIpc) is 2.69. The number of carbonyl (C=O) groups is 1. The molecule has 0 aliphatic carbocycles. The minimum atomic E-state index is -0.137. The van der Waals surface area contributed by atoms with Crippen LogP contribution in [0.3, 0.4) is 0 Å². The van der Waals surface area contributed by atoms with Crippen molar-refractivity contribution in [3.8, 4) is 0 Å². The van der Waals surface area contributed by atoms with Gasteiger partial charge in [-0.25, -0.2) is 0 Å². The first-order valence-electron chi connectivity index (χ1n) is 8.80. The first-order chi connectivity index (χ1) is 12.8. The standard InChI is InChI=1S/C20H25N3O3/c1-2-13-25-15-16-26-14-12-21-20(24)17-8-10-19(11-9-17)23-22-18-6-4-3-5-7-18/h3-11H,2,12-16H2,1H3,(H,21,24). The molecule has 0 aliphatic heterocycles. The SMILES string of the molecule is CCCOCCOCCNC(=O)c1ccc(N=Nc2ccccc2)cc1. The van der Waals surface area contributed by atoms with E-state index in [1.54, 1.807) is 24.3 Å². The Labute approximate surface area is 154 Å². The highest BCUT2D eigenvalue weighted by Crippen LogP contribution is 2.18. The number of hydrogen-bond donors (Lipinski definition) is 1. The summed E-state index contributed by atoms with van der Waals surface area (Å²) in [6, 6.07) is 16.5. The molecular formula is C20H25N3O3. The third-order valence-corrected chi connectivity index (χ3v) is 3.42. The molecule has 0 bridgehead atoms. The number of nitrogens with zero attached hydrogens (tertiary/aromatic N) is 2. The number of amides is 1. The maximum atomic E-state index is 12.1. The molecule has 138 valence electrons. The van der Waals surface area contributed by atoms with Gasteiger partial charge >= 0.3 is 0 Å². The summed E-state index contributed by atoms with van der Waals surface area (Å²) in [7, 11) is 0. The molecule has 0 unspecified atom stereocenters. The van der Waals surface area contributed by atoms with E-state index < -0.39 is 0 Å². The van der Waals surface area contributed by atoms with Crippen molar-refractivity contribution in [3.63, 3.8) is 0 Å². The van der Waals surface area contributed by atoms with Crippen molar-refractivity contribution in [2.45, 2.75) is 13.3 Å². The van der Waals surface area contributed by atoms with Crippen LogP contribution in [-0.4, -0.2) is 38.9 Å². The Morgan fingerprint density at radius 2 is 1.46 bits per heavy atom. The summed E-state index contributed by atoms with van der Waals surface area (Å²) in [5, 5.41) is 11.1. The van der Waals surface area contributed by atoms with Gasteiger partial charge in [-0.3, -0.25) is 4.79 Å². The Balaban J connectivity index is 1.69. The lowest BCUT2D eigenvalue weighted by atomic mass is 10.2. The van der Waals surface area contributed by atoms with Crippen LogP contribution in [0.5, 0.6) is 0 Å². The van der Waals surface area contributed by atoms with E-state index in [0.717, 1.165) is 18.7 Å². The molecule has 0 aliphatic rings. The summed E-state index contributed by atoms with van der Waals surface area (Å²) in [5.74, 6) is -0.137. The molecule has 6 nitrogen and oxygen atoms in total. The van der Waals surface area contributed by atoms with Crippen LogP contribution < -0.4 is 5.32 Å². The molecule has 0 atom stereocenters. The predicted molar refractivity (Wildman–Crippen MR) is 101 cm³/mol. The maximum absolute atomic E-state index is 12.1. The highest BCUT2D eigenvalue weighted by atomic mass is 16.5. The Morgan fingerprint density at radius 3 is 2.12 bits per heavy atom. The number of hydrogen-bond acceptors (Lipinski definition) is 5. The van der Waals surface area contributed by atoms with Gasteiger partial charge in [-0.05, 0) is 42.8 Å². The predicted octanol–water partition coefficient (Wildman–Crippen LogP) is 4.28. The first-order valence-corrected chi connectivity index (χ1v) is 8.80. The first kappa shape index (κ1) is 19.8. The molecule has 0 spiro atoms. The fourth-order valence-corrected chi connectivity index (χ4v) is 2.09. The number of nitrogens with one attached hydrogen (secondary N) is 1. The van der Waals surface area contributed by atoms with Crippen molar-refractivity contribution in [3.05, 3.63) is 60.2 Å². The largest absolute Gasteiger partial charge is 0.379 e. The molecule has 0 aromatic heterocycles. The molecule has 2 aromatic carbocycles. The minimum Gasteiger partial charge on any atom is -0.379 e. The molecule has 26 heavy (non-hydrogen) atoms. The lowest BCUT2D eigenvalue weighted by Crippen LogP contribution is -2.27. The molecule has 0 radical (unpaired) electrons. The molecule has 0 saturated carbocycles. The van der Waals surface area contributed by atoms with Gasteiger partial charge < -0.3 is 14.8 Å². The van der Waals surface area contributed by atoms with Gasteiger partial charge in [-0.1, -0.05) is 25.1 Å². The van der Waals surface area contributed by atoms with Crippen molar-refractivity contribution in [2.24, 2.45) is 10.2 Å². The van der Waals surface area contributed by atoms with Crippen LogP contribution in [0.15, 0.2) is 64.8 Å². The van der Waals surface area contributed by atoms with Crippen LogP contribution in [0.2, 0.25) is 0 Å². The van der Waals surface area contributed by atoms with E-state index in [9.17, 15) is 4.79 Å². The lowest BCUT2D eigenvalue weighted by molar-refractivity contribution is 0.0485. The fraction of sp³-hybridized carbons (Fsp3) is 0.350. The molecule has 0 saturated heterocycles. The number of azo groups is 1. The molecule has 1 amide bonds. The number of benzene rings is 2. The van der Waals surface area contributed by atoms with Crippen molar-refractivity contribution in [1.29, 1.82) is 0 Å². The van der Waals surface area contributed by atoms with Crippen molar-refractivity contribution in [2.75, 3.05) is 33.0 Å². The van der Waals surface area contributed by atoms with Crippen molar-refractivity contribution < 1.29 is 14.3 Å². The van der Waals surface area contributed by atoms with E-state index in [-0.39, 0.29) is 5.91 Å². The van der Waals surface area contributed by atoms with Crippen LogP contribution in [0.1, 0.15) is 23.7 Å². The number of carbonyl (C=O) groups excluding carboxylic acids is 1. The molecule has 1 N–H and O–H groups in total. The van der Waals surface area contributed by atoms with Gasteiger partial charge in [0.15, 0.2) is 0 Å². The fourth-order valence-electron chi connectivity index (χ4n) is 2.09. The van der Waals surface area contributed by atoms with Gasteiger partial charge in [0.2, 0.25) is 0 Å². The Morgan fingerprint density at radius 1 is 0.846 bits per heavy atom. The highest BCUT2D eigenvalue weighted by molar-refractivity contribution is 5.94. The van der Waals surface area contributed by atoms with Gasteiger partial charge in [-0.15, -0.1) is 0 Å². The summed E-state index contributed by atoms with van der Waals surface area (Å²) >= 11 is 0. The monoisotopic (exact) mass is 355 g/mol. The zero-order valence-corrected chi connectivity index (χ0v) is 15.1. The molecule has 0 heterocycles. The highest BCUT2D eigenvalue weighted by Gasteiger charge is 2.04. The second-order valence-corrected chi connectivity index (χ2v) is 5.56. The molecular weight excluding hydrogens is 330 g/mol. The topological polar surface area (TPSA) is 72.3 Å². The van der Waals surface area contributed by atoms with E-state index in [4.69, 9.17) is 9.47 Å². The second-order valence-electron chi connectivity index (χ2n) is 5.56. The third-order valence-electron chi connectivity index (χ3n) is 3.42. The number of rotatable bonds is 11. The van der Waals surface area contributed by atoms with Crippen molar-refractivity contribution in [1.82, 2.24) is 5.32 Å².